The van der Waals surface area contributed by atoms with Gasteiger partial charge in [-0.05, 0) is 13.0 Å². The van der Waals surface area contributed by atoms with Crippen molar-refractivity contribution in [3.63, 3.8) is 0 Å². The molecule has 1 heterocycles. The molecule has 7 heteroatoms. The van der Waals surface area contributed by atoms with E-state index in [4.69, 9.17) is 16.3 Å². The lowest BCUT2D eigenvalue weighted by Gasteiger charge is -2.33. The fourth-order valence-electron chi connectivity index (χ4n) is 2.52. The Labute approximate surface area is 123 Å². The first kappa shape index (κ1) is 15.1. The van der Waals surface area contributed by atoms with Crippen LogP contribution in [0.15, 0.2) is 12.1 Å². The van der Waals surface area contributed by atoms with Crippen LogP contribution in [0.1, 0.15) is 30.1 Å². The van der Waals surface area contributed by atoms with E-state index < -0.39 is 0 Å². The highest BCUT2D eigenvalue weighted by atomic mass is 16.5. The summed E-state index contributed by atoms with van der Waals surface area (Å²) in [5, 5.41) is 0. The molecular formula is C14H20N4O3. The third-order valence-electron chi connectivity index (χ3n) is 3.71. The minimum atomic E-state index is -0.191. The molecule has 0 aromatic heterocycles. The topological polar surface area (TPSA) is 111 Å². The van der Waals surface area contributed by atoms with E-state index in [0.29, 0.717) is 42.1 Å². The number of piperidine rings is 1. The Morgan fingerprint density at radius 1 is 1.48 bits per heavy atom. The highest BCUT2D eigenvalue weighted by Crippen LogP contribution is 2.30. The van der Waals surface area contributed by atoms with Gasteiger partial charge in [-0.3, -0.25) is 15.4 Å². The van der Waals surface area contributed by atoms with Crippen molar-refractivity contribution in [1.82, 2.24) is 4.90 Å². The first-order valence-electron chi connectivity index (χ1n) is 6.74. The number of nitrogens with zero attached hydrogens (tertiary/aromatic N) is 1. The summed E-state index contributed by atoms with van der Waals surface area (Å²) in [6.07, 6.45) is 0.764. The smallest absolute Gasteiger partial charge is 0.257 e. The molecular weight excluding hydrogens is 272 g/mol. The maximum absolute atomic E-state index is 12.7. The predicted molar refractivity (Wildman–Crippen MR) is 80.0 cm³/mol. The molecule has 0 unspecified atom stereocenters. The van der Waals surface area contributed by atoms with Crippen molar-refractivity contribution in [3.8, 4) is 5.75 Å². The zero-order valence-electron chi connectivity index (χ0n) is 12.2. The molecule has 1 amide bonds. The van der Waals surface area contributed by atoms with Gasteiger partial charge in [-0.25, -0.2) is 0 Å². The fraction of sp³-hybridized carbons (Fsp3) is 0.429. The monoisotopic (exact) mass is 292 g/mol. The fourth-order valence-corrected chi connectivity index (χ4v) is 2.52. The summed E-state index contributed by atoms with van der Waals surface area (Å²) < 4.78 is 5.23. The van der Waals surface area contributed by atoms with Crippen LogP contribution < -0.4 is 21.7 Å². The SMILES string of the molecule is COc1cc(N)c(NN)cc1C(=O)N1CCC(=O)C[C@H]1C. The van der Waals surface area contributed by atoms with Gasteiger partial charge >= 0.3 is 0 Å². The van der Waals surface area contributed by atoms with Crippen LogP contribution in [0.2, 0.25) is 0 Å². The number of nitrogens with two attached hydrogens (primary N) is 2. The lowest BCUT2D eigenvalue weighted by atomic mass is 10.0. The number of methoxy groups -OCH3 is 1. The molecule has 21 heavy (non-hydrogen) atoms. The Balaban J connectivity index is 2.36. The van der Waals surface area contributed by atoms with E-state index in [-0.39, 0.29) is 17.7 Å². The molecule has 1 aromatic carbocycles. The first-order valence-corrected chi connectivity index (χ1v) is 6.74. The van der Waals surface area contributed by atoms with Crippen LogP contribution in [-0.4, -0.2) is 36.3 Å². The van der Waals surface area contributed by atoms with Gasteiger partial charge in [-0.2, -0.15) is 0 Å². The molecule has 1 saturated heterocycles. The lowest BCUT2D eigenvalue weighted by molar-refractivity contribution is -0.122. The number of likely N-dealkylation sites (tertiary alicyclic amines) is 1. The molecule has 0 spiro atoms. The number of anilines is 2. The number of hydrogen-bond donors (Lipinski definition) is 3. The molecule has 7 nitrogen and oxygen atoms in total. The number of carbonyl (C=O) groups excluding carboxylic acids is 2. The van der Waals surface area contributed by atoms with Crippen LogP contribution in [0.5, 0.6) is 5.75 Å². The van der Waals surface area contributed by atoms with Crippen molar-refractivity contribution < 1.29 is 14.3 Å². The van der Waals surface area contributed by atoms with Gasteiger partial charge in [0.05, 0.1) is 24.0 Å². The van der Waals surface area contributed by atoms with E-state index in [1.165, 1.54) is 7.11 Å². The third kappa shape index (κ3) is 2.92. The van der Waals surface area contributed by atoms with Gasteiger partial charge in [0.15, 0.2) is 0 Å². The van der Waals surface area contributed by atoms with Crippen molar-refractivity contribution >= 4 is 23.1 Å². The molecule has 5 N–H and O–H groups in total. The number of ether oxygens (including phenoxy) is 1. The van der Waals surface area contributed by atoms with Gasteiger partial charge in [0.1, 0.15) is 11.5 Å². The zero-order chi connectivity index (χ0) is 15.6. The number of benzene rings is 1. The average Bonchev–Trinajstić information content (AvgIpc) is 2.46. The van der Waals surface area contributed by atoms with Gasteiger partial charge < -0.3 is 20.8 Å². The Morgan fingerprint density at radius 2 is 2.19 bits per heavy atom. The van der Waals surface area contributed by atoms with E-state index in [2.05, 4.69) is 5.43 Å². The number of nitrogen functional groups attached to an aromatic ring is 2. The van der Waals surface area contributed by atoms with Crippen molar-refractivity contribution in [2.75, 3.05) is 24.8 Å². The van der Waals surface area contributed by atoms with E-state index in [0.717, 1.165) is 0 Å². The van der Waals surface area contributed by atoms with Crippen LogP contribution in [0.4, 0.5) is 11.4 Å². The van der Waals surface area contributed by atoms with Crippen LogP contribution in [0.25, 0.3) is 0 Å². The molecule has 2 rings (SSSR count). The number of Topliss-reactive ketones (excluding diaryl/α,β-unsaturated/α-hetero) is 1. The summed E-state index contributed by atoms with van der Waals surface area (Å²) >= 11 is 0. The maximum Gasteiger partial charge on any atom is 0.257 e. The molecule has 0 bridgehead atoms. The molecule has 0 saturated carbocycles. The highest BCUT2D eigenvalue weighted by Gasteiger charge is 2.30. The van der Waals surface area contributed by atoms with Crippen molar-refractivity contribution in [1.29, 1.82) is 0 Å². The lowest BCUT2D eigenvalue weighted by Crippen LogP contribution is -2.44. The van der Waals surface area contributed by atoms with Crippen molar-refractivity contribution in [2.45, 2.75) is 25.8 Å². The number of hydrazine groups is 1. The van der Waals surface area contributed by atoms with Crippen LogP contribution >= 0.6 is 0 Å². The van der Waals surface area contributed by atoms with Crippen LogP contribution in [-0.2, 0) is 4.79 Å². The summed E-state index contributed by atoms with van der Waals surface area (Å²) in [7, 11) is 1.48. The third-order valence-corrected chi connectivity index (χ3v) is 3.71. The van der Waals surface area contributed by atoms with Crippen molar-refractivity contribution in [3.05, 3.63) is 17.7 Å². The van der Waals surface area contributed by atoms with Gasteiger partial charge in [-0.15, -0.1) is 0 Å². The quantitative estimate of drug-likeness (QED) is 0.431. The molecule has 0 aliphatic carbocycles. The molecule has 114 valence electrons. The first-order chi connectivity index (χ1) is 9.97. The summed E-state index contributed by atoms with van der Waals surface area (Å²) in [4.78, 5) is 25.8. The summed E-state index contributed by atoms with van der Waals surface area (Å²) in [6, 6.07) is 3.00. The second-order valence-corrected chi connectivity index (χ2v) is 5.12. The number of nitrogens with one attached hydrogen (secondary N) is 1. The second-order valence-electron chi connectivity index (χ2n) is 5.12. The maximum atomic E-state index is 12.7. The zero-order valence-corrected chi connectivity index (χ0v) is 12.2. The largest absolute Gasteiger partial charge is 0.496 e. The van der Waals surface area contributed by atoms with Crippen LogP contribution in [0.3, 0.4) is 0 Å². The Hall–Kier alpha value is -2.28. The van der Waals surface area contributed by atoms with E-state index in [1.54, 1.807) is 17.0 Å². The number of hydrogen-bond acceptors (Lipinski definition) is 6. The standard InChI is InChI=1S/C14H20N4O3/c1-8-5-9(19)3-4-18(8)14(20)10-6-12(17-16)11(15)7-13(10)21-2/h6-8,17H,3-5,15-16H2,1-2H3/t8-/m1/s1. The number of carbonyl (C=O) groups is 2. The molecule has 1 aliphatic rings. The molecule has 1 aromatic rings. The van der Waals surface area contributed by atoms with Gasteiger partial charge in [0, 0.05) is 31.5 Å². The molecule has 1 atom stereocenters. The van der Waals surface area contributed by atoms with Crippen LogP contribution in [0, 0.1) is 0 Å². The average molecular weight is 292 g/mol. The second kappa shape index (κ2) is 6.01. The predicted octanol–water partition coefficient (Wildman–Crippen LogP) is 0.757. The summed E-state index contributed by atoms with van der Waals surface area (Å²) in [5.74, 6) is 5.77. The summed E-state index contributed by atoms with van der Waals surface area (Å²) in [6.45, 7) is 2.28. The Kier molecular flexibility index (Phi) is 4.32. The highest BCUT2D eigenvalue weighted by molar-refractivity contribution is 6.00. The van der Waals surface area contributed by atoms with E-state index in [1.807, 2.05) is 6.92 Å². The van der Waals surface area contributed by atoms with Crippen molar-refractivity contribution in [2.24, 2.45) is 5.84 Å². The molecule has 1 aliphatic heterocycles. The Bertz CT molecular complexity index is 574. The molecule has 0 radical (unpaired) electrons. The number of ketones is 1. The van der Waals surface area contributed by atoms with Gasteiger partial charge in [0.2, 0.25) is 0 Å². The number of amides is 1. The number of rotatable bonds is 3. The molecule has 1 fully saturated rings. The van der Waals surface area contributed by atoms with E-state index in [9.17, 15) is 9.59 Å². The van der Waals surface area contributed by atoms with E-state index >= 15 is 0 Å². The summed E-state index contributed by atoms with van der Waals surface area (Å²) in [5.41, 5.74) is 9.50. The van der Waals surface area contributed by atoms with Gasteiger partial charge in [0.25, 0.3) is 5.91 Å². The minimum Gasteiger partial charge on any atom is -0.496 e. The van der Waals surface area contributed by atoms with Gasteiger partial charge in [-0.1, -0.05) is 0 Å². The normalized spacial score (nSPS) is 18.5. The Morgan fingerprint density at radius 3 is 2.76 bits per heavy atom. The minimum absolute atomic E-state index is 0.129.